The summed E-state index contributed by atoms with van der Waals surface area (Å²) >= 11 is 0. The third kappa shape index (κ3) is 6.29. The number of rotatable bonds is 7. The average molecular weight is 413 g/mol. The van der Waals surface area contributed by atoms with Crippen molar-refractivity contribution in [3.8, 4) is 0 Å². The minimum atomic E-state index is -0.821. The molecule has 1 saturated heterocycles. The minimum absolute atomic E-state index is 0.00159. The Balaban J connectivity index is 1.51. The van der Waals surface area contributed by atoms with Crippen LogP contribution in [-0.2, 0) is 22.6 Å². The number of nitrogens with one attached hydrogen (secondary N) is 1. The number of nitrogens with zero attached hydrogens (tertiary/aromatic N) is 1. The Labute approximate surface area is 176 Å². The van der Waals surface area contributed by atoms with Crippen LogP contribution in [0.25, 0.3) is 0 Å². The van der Waals surface area contributed by atoms with Crippen molar-refractivity contribution in [1.29, 1.82) is 0 Å². The molecule has 2 amide bonds. The Morgan fingerprint density at radius 1 is 1.13 bits per heavy atom. The molecular weight excluding hydrogens is 385 g/mol. The van der Waals surface area contributed by atoms with Gasteiger partial charge in [0.15, 0.2) is 0 Å². The van der Waals surface area contributed by atoms with Crippen LogP contribution in [0.15, 0.2) is 54.6 Å². The third-order valence-corrected chi connectivity index (χ3v) is 5.31. The lowest BCUT2D eigenvalue weighted by atomic mass is 9.91. The van der Waals surface area contributed by atoms with Gasteiger partial charge in [-0.05, 0) is 48.4 Å². The summed E-state index contributed by atoms with van der Waals surface area (Å²) in [6.45, 7) is 1.35. The maximum atomic E-state index is 13.1. The lowest BCUT2D eigenvalue weighted by molar-refractivity contribution is -0.134. The zero-order valence-corrected chi connectivity index (χ0v) is 16.9. The molecule has 0 aliphatic carbocycles. The lowest BCUT2D eigenvalue weighted by Crippen LogP contribution is -2.54. The van der Waals surface area contributed by atoms with Gasteiger partial charge < -0.3 is 20.7 Å². The van der Waals surface area contributed by atoms with E-state index in [0.717, 1.165) is 30.4 Å². The molecule has 3 rings (SSSR count). The van der Waals surface area contributed by atoms with Gasteiger partial charge in [-0.15, -0.1) is 0 Å². The Kier molecular flexibility index (Phi) is 7.79. The summed E-state index contributed by atoms with van der Waals surface area (Å²) in [5.41, 5.74) is 7.67. The van der Waals surface area contributed by atoms with Crippen LogP contribution in [-0.4, -0.2) is 42.6 Å². The maximum Gasteiger partial charge on any atom is 0.408 e. The minimum Gasteiger partial charge on any atom is -0.445 e. The molecule has 6 nitrogen and oxygen atoms in total. The number of alkyl carbamates (subject to hydrolysis) is 1. The van der Waals surface area contributed by atoms with Crippen molar-refractivity contribution < 1.29 is 18.7 Å². The summed E-state index contributed by atoms with van der Waals surface area (Å²) in [6.07, 6.45) is 2.00. The maximum absolute atomic E-state index is 13.1. The van der Waals surface area contributed by atoms with Crippen molar-refractivity contribution in [1.82, 2.24) is 10.2 Å². The van der Waals surface area contributed by atoms with Gasteiger partial charge in [0, 0.05) is 19.6 Å². The van der Waals surface area contributed by atoms with E-state index in [-0.39, 0.29) is 30.8 Å². The second-order valence-electron chi connectivity index (χ2n) is 7.62. The highest BCUT2D eigenvalue weighted by Crippen LogP contribution is 2.21. The van der Waals surface area contributed by atoms with E-state index in [1.165, 1.54) is 12.1 Å². The smallest absolute Gasteiger partial charge is 0.408 e. The van der Waals surface area contributed by atoms with Crippen LogP contribution in [0.2, 0.25) is 0 Å². The SMILES string of the molecule is NC[C@@H](NC(=O)OCc1ccccc1)C(=O)N1CCC[C@@H](Cc2ccc(F)cc2)C1. The molecule has 0 saturated carbocycles. The first-order chi connectivity index (χ1) is 14.5. The van der Waals surface area contributed by atoms with E-state index in [9.17, 15) is 14.0 Å². The zero-order chi connectivity index (χ0) is 21.3. The quantitative estimate of drug-likeness (QED) is 0.731. The van der Waals surface area contributed by atoms with Gasteiger partial charge in [0.05, 0.1) is 0 Å². The standard InChI is InChI=1S/C23H28FN3O3/c24-20-10-8-17(9-11-20)13-19-7-4-12-27(15-19)22(28)21(14-25)26-23(29)30-16-18-5-2-1-3-6-18/h1-3,5-6,8-11,19,21H,4,7,12-16,25H2,(H,26,29)/t19-,21+/m0/s1. The second-order valence-corrected chi connectivity index (χ2v) is 7.62. The van der Waals surface area contributed by atoms with Crippen molar-refractivity contribution in [2.75, 3.05) is 19.6 Å². The molecule has 1 fully saturated rings. The van der Waals surface area contributed by atoms with E-state index in [1.54, 1.807) is 17.0 Å². The first kappa shape index (κ1) is 21.8. The molecule has 1 aliphatic rings. The number of hydrogen-bond donors (Lipinski definition) is 2. The molecule has 3 N–H and O–H groups in total. The van der Waals surface area contributed by atoms with E-state index in [1.807, 2.05) is 30.3 Å². The fourth-order valence-corrected chi connectivity index (χ4v) is 3.73. The molecule has 0 unspecified atom stereocenters. The molecule has 2 atom stereocenters. The largest absolute Gasteiger partial charge is 0.445 e. The summed E-state index contributed by atoms with van der Waals surface area (Å²) in [4.78, 5) is 26.8. The average Bonchev–Trinajstić information content (AvgIpc) is 2.78. The fraction of sp³-hybridized carbons (Fsp3) is 0.391. The molecule has 160 valence electrons. The Hall–Kier alpha value is -2.93. The van der Waals surface area contributed by atoms with Crippen molar-refractivity contribution in [3.05, 3.63) is 71.5 Å². The van der Waals surface area contributed by atoms with E-state index in [4.69, 9.17) is 10.5 Å². The molecule has 2 aromatic carbocycles. The van der Waals surface area contributed by atoms with Gasteiger partial charge in [0.25, 0.3) is 0 Å². The van der Waals surface area contributed by atoms with Crippen molar-refractivity contribution in [2.45, 2.75) is 31.9 Å². The number of nitrogens with two attached hydrogens (primary N) is 1. The summed E-state index contributed by atoms with van der Waals surface area (Å²) in [5.74, 6) is -0.162. The summed E-state index contributed by atoms with van der Waals surface area (Å²) in [5, 5.41) is 2.59. The Morgan fingerprint density at radius 3 is 2.57 bits per heavy atom. The first-order valence-electron chi connectivity index (χ1n) is 10.3. The molecular formula is C23H28FN3O3. The fourth-order valence-electron chi connectivity index (χ4n) is 3.73. The van der Waals surface area contributed by atoms with Gasteiger partial charge in [-0.1, -0.05) is 42.5 Å². The highest BCUT2D eigenvalue weighted by atomic mass is 19.1. The van der Waals surface area contributed by atoms with Crippen molar-refractivity contribution in [2.24, 2.45) is 11.7 Å². The highest BCUT2D eigenvalue weighted by molar-refractivity contribution is 5.86. The molecule has 1 aliphatic heterocycles. The highest BCUT2D eigenvalue weighted by Gasteiger charge is 2.29. The van der Waals surface area contributed by atoms with Crippen LogP contribution >= 0.6 is 0 Å². The van der Waals surface area contributed by atoms with E-state index in [0.29, 0.717) is 13.1 Å². The summed E-state index contributed by atoms with van der Waals surface area (Å²) < 4.78 is 18.3. The Morgan fingerprint density at radius 2 is 1.87 bits per heavy atom. The number of carbonyl (C=O) groups excluding carboxylic acids is 2. The van der Waals surface area contributed by atoms with Gasteiger partial charge >= 0.3 is 6.09 Å². The van der Waals surface area contributed by atoms with Gasteiger partial charge in [0.1, 0.15) is 18.5 Å². The zero-order valence-electron chi connectivity index (χ0n) is 16.9. The van der Waals surface area contributed by atoms with E-state index >= 15 is 0 Å². The number of halogens is 1. The van der Waals surface area contributed by atoms with E-state index < -0.39 is 12.1 Å². The van der Waals surface area contributed by atoms with Crippen LogP contribution < -0.4 is 11.1 Å². The second kappa shape index (κ2) is 10.7. The predicted molar refractivity (Wildman–Crippen MR) is 112 cm³/mol. The molecule has 1 heterocycles. The van der Waals surface area contributed by atoms with Crippen LogP contribution in [0.3, 0.4) is 0 Å². The molecule has 0 spiro atoms. The normalized spacial score (nSPS) is 17.3. The molecule has 0 bridgehead atoms. The first-order valence-corrected chi connectivity index (χ1v) is 10.3. The molecule has 0 radical (unpaired) electrons. The molecule has 0 aromatic heterocycles. The summed E-state index contributed by atoms with van der Waals surface area (Å²) in [7, 11) is 0. The van der Waals surface area contributed by atoms with Crippen LogP contribution in [0.1, 0.15) is 24.0 Å². The van der Waals surface area contributed by atoms with E-state index in [2.05, 4.69) is 5.32 Å². The van der Waals surface area contributed by atoms with Crippen LogP contribution in [0.5, 0.6) is 0 Å². The topological polar surface area (TPSA) is 84.7 Å². The molecule has 7 heteroatoms. The predicted octanol–water partition coefficient (Wildman–Crippen LogP) is 2.86. The number of piperidine rings is 1. The van der Waals surface area contributed by atoms with Crippen molar-refractivity contribution in [3.63, 3.8) is 0 Å². The number of hydrogen-bond acceptors (Lipinski definition) is 4. The lowest BCUT2D eigenvalue weighted by Gasteiger charge is -2.35. The van der Waals surface area contributed by atoms with Crippen LogP contribution in [0, 0.1) is 11.7 Å². The molecule has 30 heavy (non-hydrogen) atoms. The number of carbonyl (C=O) groups is 2. The monoisotopic (exact) mass is 413 g/mol. The Bertz CT molecular complexity index is 829. The number of ether oxygens (including phenoxy) is 1. The summed E-state index contributed by atoms with van der Waals surface area (Å²) in [6, 6.07) is 15.0. The van der Waals surface area contributed by atoms with Crippen molar-refractivity contribution >= 4 is 12.0 Å². The van der Waals surface area contributed by atoms with Gasteiger partial charge in [-0.25, -0.2) is 9.18 Å². The van der Waals surface area contributed by atoms with Crippen LogP contribution in [0.4, 0.5) is 9.18 Å². The van der Waals surface area contributed by atoms with Gasteiger partial charge in [0.2, 0.25) is 5.91 Å². The van der Waals surface area contributed by atoms with Gasteiger partial charge in [-0.3, -0.25) is 4.79 Å². The number of benzene rings is 2. The molecule has 2 aromatic rings. The van der Waals surface area contributed by atoms with Gasteiger partial charge in [-0.2, -0.15) is 0 Å². The third-order valence-electron chi connectivity index (χ3n) is 5.31. The number of amides is 2. The number of likely N-dealkylation sites (tertiary alicyclic amines) is 1.